The van der Waals surface area contributed by atoms with Gasteiger partial charge in [-0.1, -0.05) is 6.07 Å². The Morgan fingerprint density at radius 3 is 3.18 bits per heavy atom. The number of rotatable bonds is 8. The van der Waals surface area contributed by atoms with Gasteiger partial charge >= 0.3 is 0 Å². The summed E-state index contributed by atoms with van der Waals surface area (Å²) < 4.78 is 10.7. The van der Waals surface area contributed by atoms with E-state index in [-0.39, 0.29) is 12.1 Å². The molecule has 0 saturated carbocycles. The molecule has 0 amide bonds. The van der Waals surface area contributed by atoms with Crippen LogP contribution in [0.15, 0.2) is 22.5 Å². The van der Waals surface area contributed by atoms with Gasteiger partial charge in [0.1, 0.15) is 0 Å². The number of aliphatic imine (C=N–C) groups is 1. The predicted octanol–water partition coefficient (Wildman–Crippen LogP) is 2.56. The summed E-state index contributed by atoms with van der Waals surface area (Å²) in [7, 11) is 1.73. The van der Waals surface area contributed by atoms with Crippen molar-refractivity contribution in [2.75, 3.05) is 33.4 Å². The number of nitrogens with zero attached hydrogens (tertiary/aromatic N) is 1. The molecular formula is C16H27N3O2S. The molecule has 1 fully saturated rings. The number of hydrogen-bond donors (Lipinski definition) is 2. The molecule has 22 heavy (non-hydrogen) atoms. The number of guanidine groups is 1. The first-order valence-corrected chi connectivity index (χ1v) is 8.86. The van der Waals surface area contributed by atoms with Crippen LogP contribution in [0.1, 0.15) is 37.1 Å². The van der Waals surface area contributed by atoms with E-state index in [4.69, 9.17) is 9.47 Å². The lowest BCUT2D eigenvalue weighted by atomic mass is 10.2. The summed E-state index contributed by atoms with van der Waals surface area (Å²) in [5, 5.41) is 8.95. The molecule has 124 valence electrons. The second-order valence-electron chi connectivity index (χ2n) is 5.48. The lowest BCUT2D eigenvalue weighted by molar-refractivity contribution is 0.117. The van der Waals surface area contributed by atoms with Crippen molar-refractivity contribution in [3.8, 4) is 0 Å². The standard InChI is InChI=1S/C16H27N3O2S/c1-13(15-7-4-11-22-15)19-16(17-8-5-9-20-2)18-12-14-6-3-10-21-14/h4,7,11,13-14H,3,5-6,8-10,12H2,1-2H3,(H2,17,18,19)/t13-,14-/m0/s1. The summed E-state index contributed by atoms with van der Waals surface area (Å²) in [6.45, 7) is 5.35. The summed E-state index contributed by atoms with van der Waals surface area (Å²) >= 11 is 1.76. The van der Waals surface area contributed by atoms with E-state index in [2.05, 4.69) is 40.1 Å². The molecule has 1 aromatic rings. The molecule has 1 aliphatic rings. The molecule has 0 unspecified atom stereocenters. The number of nitrogens with one attached hydrogen (secondary N) is 2. The minimum absolute atomic E-state index is 0.248. The molecule has 2 N–H and O–H groups in total. The number of hydrogen-bond acceptors (Lipinski definition) is 4. The molecule has 1 aliphatic heterocycles. The minimum atomic E-state index is 0.248. The fourth-order valence-corrected chi connectivity index (χ4v) is 3.11. The van der Waals surface area contributed by atoms with Gasteiger partial charge in [0, 0.05) is 31.7 Å². The molecule has 2 rings (SSSR count). The van der Waals surface area contributed by atoms with Gasteiger partial charge in [-0.3, -0.25) is 4.99 Å². The van der Waals surface area contributed by atoms with Crippen LogP contribution in [-0.4, -0.2) is 45.5 Å². The molecule has 0 bridgehead atoms. The fraction of sp³-hybridized carbons (Fsp3) is 0.688. The van der Waals surface area contributed by atoms with Crippen LogP contribution >= 0.6 is 11.3 Å². The lowest BCUT2D eigenvalue weighted by Crippen LogP contribution is -2.40. The first kappa shape index (κ1) is 17.2. The van der Waals surface area contributed by atoms with Gasteiger partial charge in [-0.2, -0.15) is 0 Å². The van der Waals surface area contributed by atoms with Gasteiger partial charge in [-0.05, 0) is 37.6 Å². The van der Waals surface area contributed by atoms with Crippen LogP contribution < -0.4 is 10.6 Å². The molecule has 1 saturated heterocycles. The van der Waals surface area contributed by atoms with Crippen LogP contribution in [0.3, 0.4) is 0 Å². The van der Waals surface area contributed by atoms with E-state index >= 15 is 0 Å². The third-order valence-corrected chi connectivity index (χ3v) is 4.67. The van der Waals surface area contributed by atoms with Gasteiger partial charge in [0.05, 0.1) is 18.7 Å². The van der Waals surface area contributed by atoms with E-state index in [0.29, 0.717) is 0 Å². The number of methoxy groups -OCH3 is 1. The highest BCUT2D eigenvalue weighted by Gasteiger charge is 2.15. The van der Waals surface area contributed by atoms with E-state index in [9.17, 15) is 0 Å². The first-order valence-electron chi connectivity index (χ1n) is 7.98. The van der Waals surface area contributed by atoms with Crippen LogP contribution in [-0.2, 0) is 9.47 Å². The average molecular weight is 325 g/mol. The number of ether oxygens (including phenoxy) is 2. The molecular weight excluding hydrogens is 298 g/mol. The first-order chi connectivity index (χ1) is 10.8. The topological polar surface area (TPSA) is 54.9 Å². The Balaban J connectivity index is 1.86. The normalized spacial score (nSPS) is 20.1. The molecule has 2 atom stereocenters. The second kappa shape index (κ2) is 9.82. The van der Waals surface area contributed by atoms with Crippen molar-refractivity contribution in [2.45, 2.75) is 38.3 Å². The molecule has 6 heteroatoms. The van der Waals surface area contributed by atoms with Crippen molar-refractivity contribution in [2.24, 2.45) is 4.99 Å². The van der Waals surface area contributed by atoms with Gasteiger partial charge in [0.15, 0.2) is 5.96 Å². The zero-order valence-electron chi connectivity index (χ0n) is 13.5. The van der Waals surface area contributed by atoms with Gasteiger partial charge in [-0.25, -0.2) is 0 Å². The van der Waals surface area contributed by atoms with Gasteiger partial charge in [0.2, 0.25) is 0 Å². The average Bonchev–Trinajstić information content (AvgIpc) is 3.22. The molecule has 0 aliphatic carbocycles. The van der Waals surface area contributed by atoms with E-state index in [1.165, 1.54) is 4.88 Å². The van der Waals surface area contributed by atoms with E-state index in [1.807, 2.05) is 0 Å². The van der Waals surface area contributed by atoms with Crippen molar-refractivity contribution in [1.29, 1.82) is 0 Å². The Bertz CT molecular complexity index is 431. The Labute approximate surface area is 137 Å². The Kier molecular flexibility index (Phi) is 7.70. The van der Waals surface area contributed by atoms with Crippen LogP contribution in [0.4, 0.5) is 0 Å². The van der Waals surface area contributed by atoms with Crippen LogP contribution in [0.5, 0.6) is 0 Å². The lowest BCUT2D eigenvalue weighted by Gasteiger charge is -2.18. The van der Waals surface area contributed by atoms with E-state index in [1.54, 1.807) is 18.4 Å². The molecule has 0 spiro atoms. The molecule has 0 aromatic carbocycles. The highest BCUT2D eigenvalue weighted by Crippen LogP contribution is 2.18. The van der Waals surface area contributed by atoms with Crippen molar-refractivity contribution < 1.29 is 9.47 Å². The summed E-state index contributed by atoms with van der Waals surface area (Å²) in [6.07, 6.45) is 3.50. The Hall–Kier alpha value is -1.11. The zero-order chi connectivity index (χ0) is 15.6. The summed E-state index contributed by atoms with van der Waals surface area (Å²) in [5.41, 5.74) is 0. The quantitative estimate of drug-likeness (QED) is 0.438. The van der Waals surface area contributed by atoms with Gasteiger partial charge in [0.25, 0.3) is 0 Å². The largest absolute Gasteiger partial charge is 0.385 e. The SMILES string of the molecule is COCCCNC(=NC[C@@H]1CCCO1)N[C@@H](C)c1cccs1. The predicted molar refractivity (Wildman–Crippen MR) is 91.6 cm³/mol. The van der Waals surface area contributed by atoms with Crippen molar-refractivity contribution >= 4 is 17.3 Å². The van der Waals surface area contributed by atoms with E-state index in [0.717, 1.165) is 51.5 Å². The summed E-state index contributed by atoms with van der Waals surface area (Å²) in [4.78, 5) is 6.00. The van der Waals surface area contributed by atoms with Crippen LogP contribution in [0.2, 0.25) is 0 Å². The van der Waals surface area contributed by atoms with Crippen molar-refractivity contribution in [3.05, 3.63) is 22.4 Å². The maximum absolute atomic E-state index is 5.64. The van der Waals surface area contributed by atoms with Crippen molar-refractivity contribution in [1.82, 2.24) is 10.6 Å². The van der Waals surface area contributed by atoms with Crippen LogP contribution in [0.25, 0.3) is 0 Å². The minimum Gasteiger partial charge on any atom is -0.385 e. The highest BCUT2D eigenvalue weighted by molar-refractivity contribution is 7.10. The van der Waals surface area contributed by atoms with E-state index < -0.39 is 0 Å². The third-order valence-electron chi connectivity index (χ3n) is 3.62. The molecule has 2 heterocycles. The zero-order valence-corrected chi connectivity index (χ0v) is 14.3. The Morgan fingerprint density at radius 1 is 1.59 bits per heavy atom. The fourth-order valence-electron chi connectivity index (χ4n) is 2.37. The smallest absolute Gasteiger partial charge is 0.191 e. The molecule has 0 radical (unpaired) electrons. The highest BCUT2D eigenvalue weighted by atomic mass is 32.1. The Morgan fingerprint density at radius 2 is 2.50 bits per heavy atom. The molecule has 5 nitrogen and oxygen atoms in total. The second-order valence-corrected chi connectivity index (χ2v) is 6.46. The maximum atomic E-state index is 5.64. The third kappa shape index (κ3) is 5.94. The van der Waals surface area contributed by atoms with Crippen LogP contribution in [0, 0.1) is 0 Å². The molecule has 1 aromatic heterocycles. The number of thiophene rings is 1. The monoisotopic (exact) mass is 325 g/mol. The van der Waals surface area contributed by atoms with Gasteiger partial charge < -0.3 is 20.1 Å². The summed E-state index contributed by atoms with van der Waals surface area (Å²) in [6, 6.07) is 4.47. The maximum Gasteiger partial charge on any atom is 0.191 e. The van der Waals surface area contributed by atoms with Gasteiger partial charge in [-0.15, -0.1) is 11.3 Å². The van der Waals surface area contributed by atoms with Crippen molar-refractivity contribution in [3.63, 3.8) is 0 Å². The summed E-state index contributed by atoms with van der Waals surface area (Å²) in [5.74, 6) is 0.854.